The molecule has 36 valence electrons. The van der Waals surface area contributed by atoms with Crippen LogP contribution in [-0.4, -0.2) is 11.1 Å². The SMILES string of the molecule is [2H]CC([2H])([2H])C([2H])([2H])C(=O)O. The molecule has 0 radical (unpaired) electrons. The second kappa shape index (κ2) is 2.69. The molecule has 0 aliphatic rings. The third kappa shape index (κ3) is 3.47. The van der Waals surface area contributed by atoms with Crippen LogP contribution in [0.5, 0.6) is 0 Å². The molecule has 0 heterocycles. The Morgan fingerprint density at radius 2 is 3.00 bits per heavy atom. The number of rotatable bonds is 2. The standard InChI is InChI=1S/C4H8O2/c1-2-3-4(5)6/h2-3H2,1H3,(H,5,6)/i1D,2D2,3D2. The van der Waals surface area contributed by atoms with Gasteiger partial charge in [-0.25, -0.2) is 0 Å². The van der Waals surface area contributed by atoms with E-state index < -0.39 is 25.6 Å². The molecule has 2 heteroatoms. The van der Waals surface area contributed by atoms with E-state index in [1.165, 1.54) is 0 Å². The van der Waals surface area contributed by atoms with Crippen molar-refractivity contribution in [2.45, 2.75) is 19.6 Å². The van der Waals surface area contributed by atoms with Crippen molar-refractivity contribution in [3.8, 4) is 0 Å². The summed E-state index contributed by atoms with van der Waals surface area (Å²) >= 11 is 0. The minimum atomic E-state index is -2.99. The maximum absolute atomic E-state index is 10.1. The van der Waals surface area contributed by atoms with Crippen LogP contribution >= 0.6 is 0 Å². The van der Waals surface area contributed by atoms with Gasteiger partial charge < -0.3 is 5.11 Å². The first-order valence-corrected chi connectivity index (χ1v) is 1.28. The van der Waals surface area contributed by atoms with Crippen molar-refractivity contribution >= 4 is 5.97 Å². The lowest BCUT2D eigenvalue weighted by atomic mass is 10.4. The summed E-state index contributed by atoms with van der Waals surface area (Å²) in [7, 11) is 0. The highest BCUT2D eigenvalue weighted by molar-refractivity contribution is 5.66. The summed E-state index contributed by atoms with van der Waals surface area (Å²) < 4.78 is 33.8. The Hall–Kier alpha value is -0.530. The first-order chi connectivity index (χ1) is 4.75. The monoisotopic (exact) mass is 93.1 g/mol. The van der Waals surface area contributed by atoms with Gasteiger partial charge in [-0.15, -0.1) is 0 Å². The van der Waals surface area contributed by atoms with Gasteiger partial charge in [0.05, 0.1) is 0 Å². The number of carboxylic acid groups (broad SMARTS) is 1. The molecular formula is C4H8O2. The molecule has 0 rings (SSSR count). The zero-order valence-electron chi connectivity index (χ0n) is 8.06. The van der Waals surface area contributed by atoms with Gasteiger partial charge in [0.25, 0.3) is 0 Å². The van der Waals surface area contributed by atoms with Crippen molar-refractivity contribution in [2.24, 2.45) is 0 Å². The Morgan fingerprint density at radius 3 is 3.17 bits per heavy atom. The number of hydrogen-bond donors (Lipinski definition) is 1. The fourth-order valence-corrected chi connectivity index (χ4v) is 0.0756. The van der Waals surface area contributed by atoms with E-state index in [-0.39, 0.29) is 0 Å². The van der Waals surface area contributed by atoms with Crippen LogP contribution in [0.15, 0.2) is 0 Å². The van der Waals surface area contributed by atoms with Gasteiger partial charge in [-0.1, -0.05) is 6.90 Å². The van der Waals surface area contributed by atoms with Crippen molar-refractivity contribution in [2.75, 3.05) is 0 Å². The molecular weight excluding hydrogens is 80.0 g/mol. The predicted octanol–water partition coefficient (Wildman–Crippen LogP) is 0.871. The van der Waals surface area contributed by atoms with E-state index in [9.17, 15) is 4.79 Å². The second-order valence-corrected chi connectivity index (χ2v) is 0.607. The molecule has 0 fully saturated rings. The topological polar surface area (TPSA) is 37.3 Å². The van der Waals surface area contributed by atoms with E-state index in [4.69, 9.17) is 12.0 Å². The number of carbonyl (C=O) groups is 1. The molecule has 0 aliphatic heterocycles. The fraction of sp³-hybridized carbons (Fsp3) is 0.750. The smallest absolute Gasteiger partial charge is 0.303 e. The maximum Gasteiger partial charge on any atom is 0.303 e. The van der Waals surface area contributed by atoms with Crippen molar-refractivity contribution in [3.05, 3.63) is 0 Å². The van der Waals surface area contributed by atoms with Gasteiger partial charge in [0.1, 0.15) is 0 Å². The van der Waals surface area contributed by atoms with E-state index in [1.807, 2.05) is 0 Å². The van der Waals surface area contributed by atoms with Gasteiger partial charge in [0.15, 0.2) is 0 Å². The third-order valence-corrected chi connectivity index (χ3v) is 0.195. The number of carboxylic acids is 1. The van der Waals surface area contributed by atoms with Crippen LogP contribution in [0.2, 0.25) is 0 Å². The molecule has 0 atom stereocenters. The average Bonchev–Trinajstić information content (AvgIpc) is 1.87. The Bertz CT molecular complexity index is 166. The molecule has 0 bridgehead atoms. The zero-order valence-corrected chi connectivity index (χ0v) is 3.06. The van der Waals surface area contributed by atoms with Crippen LogP contribution in [0, 0.1) is 0 Å². The maximum atomic E-state index is 10.1. The normalized spacial score (nSPS) is 25.0. The summed E-state index contributed by atoms with van der Waals surface area (Å²) in [5, 5.41) is 8.21. The first kappa shape index (κ1) is 1.22. The Labute approximate surface area is 43.8 Å². The lowest BCUT2D eigenvalue weighted by Crippen LogP contribution is -1.90. The van der Waals surface area contributed by atoms with Gasteiger partial charge in [0, 0.05) is 13.2 Å². The van der Waals surface area contributed by atoms with Gasteiger partial charge in [0.2, 0.25) is 0 Å². The molecule has 6 heavy (non-hydrogen) atoms. The highest BCUT2D eigenvalue weighted by atomic mass is 16.4. The largest absolute Gasteiger partial charge is 0.481 e. The molecule has 0 aliphatic carbocycles. The van der Waals surface area contributed by atoms with Crippen LogP contribution in [-0.2, 0) is 4.79 Å². The second-order valence-electron chi connectivity index (χ2n) is 0.607. The molecule has 0 amide bonds. The Kier molecular flexibility index (Phi) is 0.547. The van der Waals surface area contributed by atoms with E-state index in [0.717, 1.165) is 0 Å². The first-order valence-electron chi connectivity index (χ1n) is 3.99. The van der Waals surface area contributed by atoms with Crippen molar-refractivity contribution in [1.82, 2.24) is 0 Å². The van der Waals surface area contributed by atoms with Crippen LogP contribution < -0.4 is 0 Å². The molecule has 0 unspecified atom stereocenters. The van der Waals surface area contributed by atoms with Crippen molar-refractivity contribution in [3.63, 3.8) is 0 Å². The lowest BCUT2D eigenvalue weighted by Gasteiger charge is -1.79. The van der Waals surface area contributed by atoms with Crippen LogP contribution in [0.1, 0.15) is 26.5 Å². The van der Waals surface area contributed by atoms with Crippen molar-refractivity contribution in [1.29, 1.82) is 0 Å². The van der Waals surface area contributed by atoms with Gasteiger partial charge >= 0.3 is 5.97 Å². The number of hydrogen-bond acceptors (Lipinski definition) is 1. The highest BCUT2D eigenvalue weighted by Crippen LogP contribution is 1.82. The van der Waals surface area contributed by atoms with Crippen molar-refractivity contribution < 1.29 is 16.8 Å². The summed E-state index contributed by atoms with van der Waals surface area (Å²) in [5.41, 5.74) is 0. The molecule has 0 aromatic heterocycles. The van der Waals surface area contributed by atoms with Gasteiger partial charge in [-0.2, -0.15) is 0 Å². The minimum Gasteiger partial charge on any atom is -0.481 e. The van der Waals surface area contributed by atoms with Crippen LogP contribution in [0.4, 0.5) is 0 Å². The summed E-state index contributed by atoms with van der Waals surface area (Å²) in [6.07, 6.45) is -5.63. The number of aliphatic carboxylic acids is 1. The summed E-state index contributed by atoms with van der Waals surface area (Å²) in [4.78, 5) is 10.1. The fourth-order valence-electron chi connectivity index (χ4n) is 0.0756. The third-order valence-electron chi connectivity index (χ3n) is 0.195. The molecule has 0 saturated carbocycles. The summed E-state index contributed by atoms with van der Waals surface area (Å²) in [6, 6.07) is 0. The average molecular weight is 93.1 g/mol. The van der Waals surface area contributed by atoms with E-state index in [0.29, 0.717) is 0 Å². The molecule has 0 aromatic rings. The summed E-state index contributed by atoms with van der Waals surface area (Å²) in [5.74, 6) is -1.88. The molecule has 0 saturated heterocycles. The molecule has 0 aromatic carbocycles. The quantitative estimate of drug-likeness (QED) is 0.550. The highest BCUT2D eigenvalue weighted by Gasteiger charge is 1.87. The van der Waals surface area contributed by atoms with Gasteiger partial charge in [-0.05, 0) is 6.37 Å². The Balaban J connectivity index is 4.67. The predicted molar refractivity (Wildman–Crippen MR) is 22.5 cm³/mol. The lowest BCUT2D eigenvalue weighted by molar-refractivity contribution is -0.137. The molecule has 0 spiro atoms. The van der Waals surface area contributed by atoms with Crippen LogP contribution in [0.3, 0.4) is 0 Å². The Morgan fingerprint density at radius 1 is 2.33 bits per heavy atom. The van der Waals surface area contributed by atoms with E-state index in [2.05, 4.69) is 0 Å². The van der Waals surface area contributed by atoms with Crippen LogP contribution in [0.25, 0.3) is 0 Å². The zero-order chi connectivity index (χ0) is 9.28. The molecule has 2 nitrogen and oxygen atoms in total. The van der Waals surface area contributed by atoms with Gasteiger partial charge in [-0.3, -0.25) is 4.79 Å². The van der Waals surface area contributed by atoms with E-state index >= 15 is 0 Å². The summed E-state index contributed by atoms with van der Waals surface area (Å²) in [6.45, 7) is -0.910. The minimum absolute atomic E-state index is 0.910. The molecule has 1 N–H and O–H groups in total. The van der Waals surface area contributed by atoms with E-state index in [1.54, 1.807) is 0 Å².